The molecule has 0 unspecified atom stereocenters. The Bertz CT molecular complexity index is 2210. The molecule has 20 heteroatoms. The molecular weight excluding hydrogens is 879 g/mol. The lowest BCUT2D eigenvalue weighted by molar-refractivity contribution is -0.207. The van der Waals surface area contributed by atoms with E-state index in [-0.39, 0.29) is 22.9 Å². The number of urea groups is 2. The summed E-state index contributed by atoms with van der Waals surface area (Å²) in [5, 5.41) is 51.5. The van der Waals surface area contributed by atoms with Gasteiger partial charge in [-0.3, -0.25) is 0 Å². The van der Waals surface area contributed by atoms with E-state index in [1.54, 1.807) is 24.3 Å². The normalized spacial score (nSPS) is 21.0. The van der Waals surface area contributed by atoms with Crippen molar-refractivity contribution in [3.8, 4) is 11.5 Å². The Morgan fingerprint density at radius 3 is 1.27 bits per heavy atom. The quantitative estimate of drug-likeness (QED) is 0.0748. The maximum atomic E-state index is 13.4. The van der Waals surface area contributed by atoms with Crippen molar-refractivity contribution in [1.82, 2.24) is 10.6 Å². The molecule has 8 N–H and O–H groups in total. The summed E-state index contributed by atoms with van der Waals surface area (Å²) in [6.45, 7) is 2.64. The van der Waals surface area contributed by atoms with Gasteiger partial charge in [0.05, 0.1) is 49.9 Å². The lowest BCUT2D eigenvalue weighted by Gasteiger charge is -2.25. The van der Waals surface area contributed by atoms with Gasteiger partial charge in [0.1, 0.15) is 11.5 Å². The summed E-state index contributed by atoms with van der Waals surface area (Å²) in [5.41, 5.74) is 3.25. The number of ether oxygens (including phenoxy) is 2. The third-order valence-corrected chi connectivity index (χ3v) is 12.3. The number of rotatable bonds is 10. The highest BCUT2D eigenvalue weighted by molar-refractivity contribution is 5.93. The number of aliphatic hydroxyl groups is 4. The van der Waals surface area contributed by atoms with Crippen LogP contribution in [0.5, 0.6) is 11.5 Å². The molecular formula is C46H52F6N6O8. The Labute approximate surface area is 376 Å². The summed E-state index contributed by atoms with van der Waals surface area (Å²) in [7, 11) is 2.36. The van der Waals surface area contributed by atoms with E-state index < -0.39 is 72.0 Å². The van der Waals surface area contributed by atoms with E-state index in [1.807, 2.05) is 34.1 Å². The van der Waals surface area contributed by atoms with Crippen LogP contribution >= 0.6 is 0 Å². The molecule has 4 aromatic rings. The Kier molecular flexibility index (Phi) is 14.4. The molecule has 0 spiro atoms. The SMILES string of the molecule is COc1c(NC(=O)N[C@@H]2Cc3ccccc3[C@@H]2O)cc(N2CCCC2)cc1[C@@H](O)C(F)(F)F.COc1c(NC(=O)N[C@@H]2Cc3ccccc3[C@@H]2O)cc(N2CCCC2)cc1[C@H](O)C(F)(F)F. The summed E-state index contributed by atoms with van der Waals surface area (Å²) in [6, 6.07) is 17.6. The minimum Gasteiger partial charge on any atom is -0.494 e. The third kappa shape index (κ3) is 10.5. The van der Waals surface area contributed by atoms with E-state index in [1.165, 1.54) is 38.5 Å². The number of hydrogen-bond donors (Lipinski definition) is 8. The smallest absolute Gasteiger partial charge is 0.418 e. The second-order valence-corrected chi connectivity index (χ2v) is 16.6. The van der Waals surface area contributed by atoms with Crippen molar-refractivity contribution in [1.29, 1.82) is 0 Å². The number of aliphatic hydroxyl groups excluding tert-OH is 4. The Hall–Kier alpha value is -5.96. The number of hydrogen-bond acceptors (Lipinski definition) is 10. The third-order valence-electron chi connectivity index (χ3n) is 12.3. The Morgan fingerprint density at radius 2 is 0.955 bits per heavy atom. The van der Waals surface area contributed by atoms with E-state index in [0.717, 1.165) is 47.9 Å². The van der Waals surface area contributed by atoms with Crippen molar-refractivity contribution >= 4 is 34.8 Å². The average Bonchev–Trinajstić information content (AvgIpc) is 4.12. The average molecular weight is 931 g/mol. The molecule has 356 valence electrons. The lowest BCUT2D eigenvalue weighted by Crippen LogP contribution is -2.40. The van der Waals surface area contributed by atoms with Gasteiger partial charge in [-0.2, -0.15) is 26.3 Å². The van der Waals surface area contributed by atoms with E-state index >= 15 is 0 Å². The van der Waals surface area contributed by atoms with E-state index in [4.69, 9.17) is 9.47 Å². The topological polar surface area (TPSA) is 188 Å². The summed E-state index contributed by atoms with van der Waals surface area (Å²) in [6.07, 6.45) is -12.7. The first-order chi connectivity index (χ1) is 31.4. The van der Waals surface area contributed by atoms with Gasteiger partial charge in [0.2, 0.25) is 0 Å². The van der Waals surface area contributed by atoms with Crippen molar-refractivity contribution in [2.45, 2.75) is 87.4 Å². The summed E-state index contributed by atoms with van der Waals surface area (Å²) < 4.78 is 90.5. The first-order valence-corrected chi connectivity index (χ1v) is 21.5. The highest BCUT2D eigenvalue weighted by Crippen LogP contribution is 2.45. The van der Waals surface area contributed by atoms with Crippen LogP contribution in [0.1, 0.15) is 83.5 Å². The number of nitrogens with one attached hydrogen (secondary N) is 4. The minimum atomic E-state index is -4.91. The van der Waals surface area contributed by atoms with Gasteiger partial charge >= 0.3 is 24.4 Å². The molecule has 0 saturated carbocycles. The molecule has 2 saturated heterocycles. The zero-order valence-electron chi connectivity index (χ0n) is 36.0. The molecule has 2 fully saturated rings. The standard InChI is InChI=1S/2C23H26F3N3O4/c2*1-33-20-16(21(31)23(24,25)26)11-14(29-8-4-5-9-29)12-18(20)28-22(32)27-17-10-13-6-2-3-7-15(13)19(17)30/h2*2-3,6-7,11-12,17,19,21,30-31H,4-5,8-10H2,1H3,(H2,27,28,32)/t17-,19+,21+;17-,19+,21-/m11/s1. The van der Waals surface area contributed by atoms with Crippen LogP contribution < -0.4 is 40.5 Å². The Balaban J connectivity index is 0.000000196. The highest BCUT2D eigenvalue weighted by Gasteiger charge is 2.44. The van der Waals surface area contributed by atoms with E-state index in [9.17, 15) is 56.4 Å². The number of alkyl halides is 6. The van der Waals surface area contributed by atoms with Crippen LogP contribution in [-0.2, 0) is 12.8 Å². The monoisotopic (exact) mass is 930 g/mol. The fraction of sp³-hybridized carbons (Fsp3) is 0.435. The Morgan fingerprint density at radius 1 is 0.606 bits per heavy atom. The van der Waals surface area contributed by atoms with Gasteiger partial charge in [0.25, 0.3) is 0 Å². The van der Waals surface area contributed by atoms with Crippen molar-refractivity contribution in [3.63, 3.8) is 0 Å². The zero-order chi connectivity index (χ0) is 47.5. The number of amides is 4. The molecule has 14 nitrogen and oxygen atoms in total. The van der Waals surface area contributed by atoms with Crippen LogP contribution in [-0.4, -0.2) is 97.3 Å². The van der Waals surface area contributed by atoms with Gasteiger partial charge < -0.3 is 61.0 Å². The van der Waals surface area contributed by atoms with Crippen molar-refractivity contribution in [2.24, 2.45) is 0 Å². The molecule has 2 heterocycles. The van der Waals surface area contributed by atoms with Crippen molar-refractivity contribution in [3.05, 3.63) is 106 Å². The molecule has 2 aliphatic carbocycles. The molecule has 0 aromatic heterocycles. The van der Waals surface area contributed by atoms with Gasteiger partial charge in [-0.05, 0) is 85.0 Å². The summed E-state index contributed by atoms with van der Waals surface area (Å²) in [5.74, 6) is -0.540. The van der Waals surface area contributed by atoms with Gasteiger partial charge in [-0.15, -0.1) is 0 Å². The van der Waals surface area contributed by atoms with Crippen LogP contribution in [0.3, 0.4) is 0 Å². The number of benzene rings is 4. The molecule has 66 heavy (non-hydrogen) atoms. The zero-order valence-corrected chi connectivity index (χ0v) is 36.0. The summed E-state index contributed by atoms with van der Waals surface area (Å²) in [4.78, 5) is 29.3. The maximum absolute atomic E-state index is 13.4. The largest absolute Gasteiger partial charge is 0.494 e. The molecule has 6 atom stereocenters. The number of methoxy groups -OCH3 is 2. The predicted octanol–water partition coefficient (Wildman–Crippen LogP) is 7.34. The number of fused-ring (bicyclic) bond motifs is 2. The first kappa shape index (κ1) is 48.0. The van der Waals surface area contributed by atoms with Crippen molar-refractivity contribution in [2.75, 3.05) is 60.8 Å². The molecule has 4 aromatic carbocycles. The highest BCUT2D eigenvalue weighted by atomic mass is 19.4. The number of anilines is 4. The molecule has 0 bridgehead atoms. The minimum absolute atomic E-state index is 0.00250. The molecule has 4 aliphatic rings. The number of nitrogens with zero attached hydrogens (tertiary/aromatic N) is 2. The maximum Gasteiger partial charge on any atom is 0.418 e. The fourth-order valence-corrected chi connectivity index (χ4v) is 9.05. The van der Waals surface area contributed by atoms with Crippen LogP contribution in [0, 0.1) is 0 Å². The van der Waals surface area contributed by atoms with Gasteiger partial charge in [-0.1, -0.05) is 48.5 Å². The van der Waals surface area contributed by atoms with Gasteiger partial charge in [0, 0.05) is 48.7 Å². The number of halogens is 6. The first-order valence-electron chi connectivity index (χ1n) is 21.5. The molecule has 2 aliphatic heterocycles. The van der Waals surface area contributed by atoms with Crippen LogP contribution in [0.25, 0.3) is 0 Å². The van der Waals surface area contributed by atoms with E-state index in [0.29, 0.717) is 50.4 Å². The fourth-order valence-electron chi connectivity index (χ4n) is 9.05. The van der Waals surface area contributed by atoms with Crippen LogP contribution in [0.4, 0.5) is 58.7 Å². The summed E-state index contributed by atoms with van der Waals surface area (Å²) >= 11 is 0. The van der Waals surface area contributed by atoms with Crippen molar-refractivity contribution < 1.29 is 65.8 Å². The van der Waals surface area contributed by atoms with Gasteiger partial charge in [0.15, 0.2) is 12.2 Å². The lowest BCUT2D eigenvalue weighted by atomic mass is 10.0. The van der Waals surface area contributed by atoms with E-state index in [2.05, 4.69) is 21.3 Å². The second-order valence-electron chi connectivity index (χ2n) is 16.6. The predicted molar refractivity (Wildman–Crippen MR) is 233 cm³/mol. The number of carbonyl (C=O) groups is 2. The molecule has 8 rings (SSSR count). The van der Waals surface area contributed by atoms with Crippen LogP contribution in [0.15, 0.2) is 72.8 Å². The second kappa shape index (κ2) is 19.9. The molecule has 4 amide bonds. The van der Waals surface area contributed by atoms with Crippen LogP contribution in [0.2, 0.25) is 0 Å². The molecule has 0 radical (unpaired) electrons. The number of carbonyl (C=O) groups excluding carboxylic acids is 2. The van der Waals surface area contributed by atoms with Gasteiger partial charge in [-0.25, -0.2) is 9.59 Å².